The van der Waals surface area contributed by atoms with Crippen LogP contribution in [0.3, 0.4) is 0 Å². The number of hydrogen-bond acceptors (Lipinski definition) is 3. The Kier molecular flexibility index (Phi) is 3.71. The van der Waals surface area contributed by atoms with E-state index in [0.717, 1.165) is 62.3 Å². The average Bonchev–Trinajstić information content (AvgIpc) is 3.14. The molecule has 4 rings (SSSR count). The maximum Gasteiger partial charge on any atom is 0.258 e. The largest absolute Gasteiger partial charge is 0.468 e. The van der Waals surface area contributed by atoms with Crippen LogP contribution in [0.1, 0.15) is 72.9 Å². The van der Waals surface area contributed by atoms with Crippen LogP contribution in [-0.4, -0.2) is 26.9 Å². The highest BCUT2D eigenvalue weighted by atomic mass is 16.3. The molecule has 0 spiro atoms. The Labute approximate surface area is 136 Å². The van der Waals surface area contributed by atoms with Crippen LogP contribution in [-0.2, 0) is 6.54 Å². The van der Waals surface area contributed by atoms with Gasteiger partial charge in [-0.05, 0) is 45.1 Å². The molecule has 5 nitrogen and oxygen atoms in total. The number of aromatic nitrogens is 2. The van der Waals surface area contributed by atoms with Gasteiger partial charge in [0, 0.05) is 31.4 Å². The number of carbonyl (C=O) groups is 1. The Balaban J connectivity index is 1.64. The van der Waals surface area contributed by atoms with Crippen molar-refractivity contribution in [1.82, 2.24) is 14.5 Å². The quantitative estimate of drug-likeness (QED) is 0.864. The molecule has 23 heavy (non-hydrogen) atoms. The van der Waals surface area contributed by atoms with E-state index < -0.39 is 0 Å². The highest BCUT2D eigenvalue weighted by Gasteiger charge is 2.36. The predicted molar refractivity (Wildman–Crippen MR) is 86.2 cm³/mol. The summed E-state index contributed by atoms with van der Waals surface area (Å²) in [6.45, 7) is 3.80. The lowest BCUT2D eigenvalue weighted by atomic mass is 9.99. The van der Waals surface area contributed by atoms with Crippen molar-refractivity contribution in [3.8, 4) is 0 Å². The SMILES string of the molecule is CCn1ccnc1[C@H]1CCCCN1C(=O)c1ccoc1C1CC1. The summed E-state index contributed by atoms with van der Waals surface area (Å²) in [7, 11) is 0. The minimum Gasteiger partial charge on any atom is -0.468 e. The van der Waals surface area contributed by atoms with Gasteiger partial charge in [0.2, 0.25) is 0 Å². The molecule has 122 valence electrons. The van der Waals surface area contributed by atoms with E-state index in [-0.39, 0.29) is 11.9 Å². The average molecular weight is 313 g/mol. The molecule has 0 unspecified atom stereocenters. The lowest BCUT2D eigenvalue weighted by Gasteiger charge is -2.35. The number of furan rings is 1. The first-order valence-corrected chi connectivity index (χ1v) is 8.69. The maximum atomic E-state index is 13.1. The van der Waals surface area contributed by atoms with E-state index >= 15 is 0 Å². The number of likely N-dealkylation sites (tertiary alicyclic amines) is 1. The molecule has 0 radical (unpaired) electrons. The fraction of sp³-hybridized carbons (Fsp3) is 0.556. The lowest BCUT2D eigenvalue weighted by molar-refractivity contribution is 0.0593. The summed E-state index contributed by atoms with van der Waals surface area (Å²) in [6.07, 6.45) is 11.0. The predicted octanol–water partition coefficient (Wildman–Crippen LogP) is 3.74. The standard InChI is InChI=1S/C18H23N3O2/c1-2-20-11-9-19-17(20)15-5-3-4-10-21(15)18(22)14-8-12-23-16(14)13-6-7-13/h8-9,11-13,15H,2-7,10H2,1H3/t15-/m1/s1. The minimum absolute atomic E-state index is 0.0770. The van der Waals surface area contributed by atoms with Gasteiger partial charge in [-0.3, -0.25) is 4.79 Å². The minimum atomic E-state index is 0.0770. The molecule has 1 atom stereocenters. The third kappa shape index (κ3) is 2.58. The Morgan fingerprint density at radius 1 is 1.35 bits per heavy atom. The number of rotatable bonds is 4. The van der Waals surface area contributed by atoms with Crippen molar-refractivity contribution < 1.29 is 9.21 Å². The van der Waals surface area contributed by atoms with E-state index in [2.05, 4.69) is 16.5 Å². The first-order valence-electron chi connectivity index (χ1n) is 8.69. The van der Waals surface area contributed by atoms with Crippen molar-refractivity contribution in [3.05, 3.63) is 41.9 Å². The second kappa shape index (κ2) is 5.87. The van der Waals surface area contributed by atoms with Crippen LogP contribution in [0.2, 0.25) is 0 Å². The van der Waals surface area contributed by atoms with E-state index in [1.807, 2.05) is 23.4 Å². The lowest BCUT2D eigenvalue weighted by Crippen LogP contribution is -2.39. The fourth-order valence-electron chi connectivity index (χ4n) is 3.64. The molecule has 2 aromatic rings. The van der Waals surface area contributed by atoms with Gasteiger partial charge in [0.05, 0.1) is 17.9 Å². The summed E-state index contributed by atoms with van der Waals surface area (Å²) in [6, 6.07) is 1.92. The summed E-state index contributed by atoms with van der Waals surface area (Å²) in [5.41, 5.74) is 0.758. The number of hydrogen-bond donors (Lipinski definition) is 0. The van der Waals surface area contributed by atoms with Gasteiger partial charge < -0.3 is 13.9 Å². The van der Waals surface area contributed by atoms with Crippen molar-refractivity contribution in [1.29, 1.82) is 0 Å². The van der Waals surface area contributed by atoms with Crippen molar-refractivity contribution in [2.75, 3.05) is 6.54 Å². The van der Waals surface area contributed by atoms with Crippen LogP contribution in [0.15, 0.2) is 29.1 Å². The fourth-order valence-corrected chi connectivity index (χ4v) is 3.64. The molecule has 1 saturated heterocycles. The highest BCUT2D eigenvalue weighted by Crippen LogP contribution is 2.43. The molecular weight excluding hydrogens is 290 g/mol. The van der Waals surface area contributed by atoms with Gasteiger partial charge in [-0.15, -0.1) is 0 Å². The molecule has 5 heteroatoms. The molecule has 1 aliphatic heterocycles. The van der Waals surface area contributed by atoms with Gasteiger partial charge in [0.15, 0.2) is 0 Å². The third-order valence-electron chi connectivity index (χ3n) is 5.02. The van der Waals surface area contributed by atoms with Crippen molar-refractivity contribution in [2.24, 2.45) is 0 Å². The zero-order valence-corrected chi connectivity index (χ0v) is 13.6. The van der Waals surface area contributed by atoms with Gasteiger partial charge in [0.1, 0.15) is 11.6 Å². The van der Waals surface area contributed by atoms with Crippen LogP contribution < -0.4 is 0 Å². The van der Waals surface area contributed by atoms with E-state index in [0.29, 0.717) is 5.92 Å². The summed E-state index contributed by atoms with van der Waals surface area (Å²) >= 11 is 0. The van der Waals surface area contributed by atoms with Gasteiger partial charge >= 0.3 is 0 Å². The molecule has 2 aliphatic rings. The zero-order chi connectivity index (χ0) is 15.8. The van der Waals surface area contributed by atoms with E-state index in [4.69, 9.17) is 4.42 Å². The molecular formula is C18H23N3O2. The van der Waals surface area contributed by atoms with E-state index in [9.17, 15) is 4.79 Å². The molecule has 1 saturated carbocycles. The number of imidazole rings is 1. The molecule has 0 bridgehead atoms. The van der Waals surface area contributed by atoms with Crippen molar-refractivity contribution >= 4 is 5.91 Å². The number of piperidine rings is 1. The van der Waals surface area contributed by atoms with Crippen molar-refractivity contribution in [3.63, 3.8) is 0 Å². The van der Waals surface area contributed by atoms with E-state index in [1.165, 1.54) is 0 Å². The smallest absolute Gasteiger partial charge is 0.258 e. The summed E-state index contributed by atoms with van der Waals surface area (Å²) in [4.78, 5) is 19.7. The summed E-state index contributed by atoms with van der Waals surface area (Å²) < 4.78 is 7.75. The summed E-state index contributed by atoms with van der Waals surface area (Å²) in [5, 5.41) is 0. The molecule has 2 aromatic heterocycles. The number of amides is 1. The van der Waals surface area contributed by atoms with Gasteiger partial charge in [-0.25, -0.2) is 4.98 Å². The first-order chi connectivity index (χ1) is 11.3. The maximum absolute atomic E-state index is 13.1. The Hall–Kier alpha value is -2.04. The van der Waals surface area contributed by atoms with Crippen LogP contribution in [0.25, 0.3) is 0 Å². The normalized spacial score (nSPS) is 21.6. The molecule has 0 aromatic carbocycles. The Morgan fingerprint density at radius 2 is 2.22 bits per heavy atom. The monoisotopic (exact) mass is 313 g/mol. The molecule has 1 aliphatic carbocycles. The molecule has 2 fully saturated rings. The van der Waals surface area contributed by atoms with Gasteiger partial charge in [0.25, 0.3) is 5.91 Å². The molecule has 0 N–H and O–H groups in total. The van der Waals surface area contributed by atoms with Crippen molar-refractivity contribution in [2.45, 2.75) is 57.5 Å². The second-order valence-corrected chi connectivity index (χ2v) is 6.55. The van der Waals surface area contributed by atoms with Crippen LogP contribution in [0.5, 0.6) is 0 Å². The Bertz CT molecular complexity index is 699. The highest BCUT2D eigenvalue weighted by molar-refractivity contribution is 5.95. The second-order valence-electron chi connectivity index (χ2n) is 6.55. The molecule has 1 amide bonds. The number of nitrogens with zero attached hydrogens (tertiary/aromatic N) is 3. The van der Waals surface area contributed by atoms with Gasteiger partial charge in [-0.1, -0.05) is 0 Å². The number of aryl methyl sites for hydroxylation is 1. The zero-order valence-electron chi connectivity index (χ0n) is 13.6. The topological polar surface area (TPSA) is 51.3 Å². The van der Waals surface area contributed by atoms with Crippen LogP contribution in [0.4, 0.5) is 0 Å². The van der Waals surface area contributed by atoms with Crippen LogP contribution >= 0.6 is 0 Å². The Morgan fingerprint density at radius 3 is 3.00 bits per heavy atom. The first kappa shape index (κ1) is 14.5. The third-order valence-corrected chi connectivity index (χ3v) is 5.02. The van der Waals surface area contributed by atoms with Gasteiger partial charge in [-0.2, -0.15) is 0 Å². The number of carbonyl (C=O) groups excluding carboxylic acids is 1. The van der Waals surface area contributed by atoms with Crippen LogP contribution in [0, 0.1) is 0 Å². The molecule has 3 heterocycles. The van der Waals surface area contributed by atoms with E-state index in [1.54, 1.807) is 6.26 Å². The summed E-state index contributed by atoms with van der Waals surface area (Å²) in [5.74, 6) is 2.45.